The van der Waals surface area contributed by atoms with Crippen LogP contribution in [0.5, 0.6) is 0 Å². The Hall–Kier alpha value is -2.41. The van der Waals surface area contributed by atoms with Crippen LogP contribution in [0.3, 0.4) is 0 Å². The number of amides is 2. The number of carbonyl (C=O) groups excluding carboxylic acids is 2. The molecule has 132 valence electrons. The number of carbonyl (C=O) groups is 2. The molecule has 0 fully saturated rings. The minimum Gasteiger partial charge on any atom is -0.355 e. The van der Waals surface area contributed by atoms with Crippen LogP contribution in [0, 0.1) is 11.6 Å². The van der Waals surface area contributed by atoms with Crippen LogP contribution in [-0.2, 0) is 11.3 Å². The third-order valence-electron chi connectivity index (χ3n) is 3.54. The number of hydrogen-bond donors (Lipinski definition) is 1. The van der Waals surface area contributed by atoms with E-state index in [9.17, 15) is 18.4 Å². The Kier molecular flexibility index (Phi) is 6.52. The molecule has 7 heteroatoms. The average Bonchev–Trinajstić information content (AvgIpc) is 2.62. The zero-order valence-corrected chi connectivity index (χ0v) is 14.7. The normalized spacial score (nSPS) is 10.4. The fourth-order valence-corrected chi connectivity index (χ4v) is 2.95. The molecule has 0 saturated carbocycles. The lowest BCUT2D eigenvalue weighted by Crippen LogP contribution is -2.27. The minimum absolute atomic E-state index is 0.123. The van der Waals surface area contributed by atoms with Crippen LogP contribution in [0.4, 0.5) is 8.78 Å². The summed E-state index contributed by atoms with van der Waals surface area (Å²) in [4.78, 5) is 25.7. The quantitative estimate of drug-likeness (QED) is 0.802. The van der Waals surface area contributed by atoms with Crippen molar-refractivity contribution >= 4 is 23.6 Å². The number of thioether (sulfide) groups is 1. The monoisotopic (exact) mass is 364 g/mol. The molecule has 2 amide bonds. The van der Waals surface area contributed by atoms with Crippen LogP contribution < -0.4 is 5.32 Å². The second-order valence-electron chi connectivity index (χ2n) is 5.39. The van der Waals surface area contributed by atoms with Crippen LogP contribution in [0.2, 0.25) is 0 Å². The zero-order valence-electron chi connectivity index (χ0n) is 13.9. The maximum Gasteiger partial charge on any atom is 0.251 e. The molecule has 0 aliphatic heterocycles. The van der Waals surface area contributed by atoms with Crippen LogP contribution in [0.1, 0.15) is 15.9 Å². The maximum absolute atomic E-state index is 13.2. The van der Waals surface area contributed by atoms with Gasteiger partial charge in [0.05, 0.1) is 5.75 Å². The van der Waals surface area contributed by atoms with Crippen molar-refractivity contribution in [3.8, 4) is 0 Å². The van der Waals surface area contributed by atoms with E-state index in [1.807, 2.05) is 0 Å². The first-order valence-corrected chi connectivity index (χ1v) is 8.52. The summed E-state index contributed by atoms with van der Waals surface area (Å²) in [6.07, 6.45) is 0. The Bertz CT molecular complexity index is 766. The zero-order chi connectivity index (χ0) is 18.4. The van der Waals surface area contributed by atoms with Gasteiger partial charge in [0.15, 0.2) is 11.6 Å². The SMILES string of the molecule is CNC(=O)c1ccc(CN(C)C(=O)CSc2ccc(F)c(F)c2)cc1. The summed E-state index contributed by atoms with van der Waals surface area (Å²) in [5.41, 5.74) is 1.44. The number of rotatable bonds is 6. The number of benzene rings is 2. The molecule has 0 heterocycles. The van der Waals surface area contributed by atoms with Crippen molar-refractivity contribution in [2.24, 2.45) is 0 Å². The van der Waals surface area contributed by atoms with Gasteiger partial charge in [-0.05, 0) is 35.9 Å². The first-order valence-electron chi connectivity index (χ1n) is 7.53. The fourth-order valence-electron chi connectivity index (χ4n) is 2.09. The van der Waals surface area contributed by atoms with Crippen molar-refractivity contribution in [2.75, 3.05) is 19.8 Å². The lowest BCUT2D eigenvalue weighted by molar-refractivity contribution is -0.127. The molecular weight excluding hydrogens is 346 g/mol. The third kappa shape index (κ3) is 5.29. The summed E-state index contributed by atoms with van der Waals surface area (Å²) >= 11 is 1.15. The minimum atomic E-state index is -0.929. The Balaban J connectivity index is 1.89. The molecule has 0 saturated heterocycles. The second kappa shape index (κ2) is 8.62. The summed E-state index contributed by atoms with van der Waals surface area (Å²) in [5.74, 6) is -2.02. The fraction of sp³-hybridized carbons (Fsp3) is 0.222. The van der Waals surface area contributed by atoms with Crippen molar-refractivity contribution in [1.29, 1.82) is 0 Å². The molecule has 2 rings (SSSR count). The molecule has 2 aromatic rings. The number of halogens is 2. The van der Waals surface area contributed by atoms with Crippen molar-refractivity contribution in [3.05, 3.63) is 65.2 Å². The molecule has 0 spiro atoms. The van der Waals surface area contributed by atoms with Gasteiger partial charge in [-0.25, -0.2) is 8.78 Å². The van der Waals surface area contributed by atoms with E-state index >= 15 is 0 Å². The third-order valence-corrected chi connectivity index (χ3v) is 4.52. The van der Waals surface area contributed by atoms with E-state index in [0.717, 1.165) is 29.5 Å². The van der Waals surface area contributed by atoms with Gasteiger partial charge in [-0.1, -0.05) is 12.1 Å². The highest BCUT2D eigenvalue weighted by molar-refractivity contribution is 8.00. The molecule has 0 radical (unpaired) electrons. The van der Waals surface area contributed by atoms with Gasteiger partial charge < -0.3 is 10.2 Å². The van der Waals surface area contributed by atoms with Gasteiger partial charge in [-0.15, -0.1) is 11.8 Å². The molecular formula is C18H18F2N2O2S. The van der Waals surface area contributed by atoms with Gasteiger partial charge in [0.2, 0.25) is 5.91 Å². The van der Waals surface area contributed by atoms with E-state index in [0.29, 0.717) is 17.0 Å². The highest BCUT2D eigenvalue weighted by Gasteiger charge is 2.11. The predicted molar refractivity (Wildman–Crippen MR) is 93.4 cm³/mol. The van der Waals surface area contributed by atoms with E-state index in [4.69, 9.17) is 0 Å². The molecule has 0 aliphatic carbocycles. The smallest absolute Gasteiger partial charge is 0.251 e. The second-order valence-corrected chi connectivity index (χ2v) is 6.44. The average molecular weight is 364 g/mol. The Morgan fingerprint density at radius 2 is 1.76 bits per heavy atom. The number of nitrogens with one attached hydrogen (secondary N) is 1. The Morgan fingerprint density at radius 3 is 2.36 bits per heavy atom. The largest absolute Gasteiger partial charge is 0.355 e. The van der Waals surface area contributed by atoms with Gasteiger partial charge in [0, 0.05) is 31.1 Å². The number of nitrogens with zero attached hydrogens (tertiary/aromatic N) is 1. The molecule has 0 bridgehead atoms. The van der Waals surface area contributed by atoms with E-state index in [1.54, 1.807) is 43.3 Å². The standard InChI is InChI=1S/C18H18F2N2O2S/c1-21-18(24)13-5-3-12(4-6-13)10-22(2)17(23)11-25-14-7-8-15(19)16(20)9-14/h3-9H,10-11H2,1-2H3,(H,21,24). The molecule has 4 nitrogen and oxygen atoms in total. The maximum atomic E-state index is 13.2. The van der Waals surface area contributed by atoms with Crippen molar-refractivity contribution in [3.63, 3.8) is 0 Å². The highest BCUT2D eigenvalue weighted by atomic mass is 32.2. The van der Waals surface area contributed by atoms with Gasteiger partial charge in [0.25, 0.3) is 5.91 Å². The van der Waals surface area contributed by atoms with Crippen LogP contribution in [0.15, 0.2) is 47.4 Å². The van der Waals surface area contributed by atoms with Crippen molar-refractivity contribution in [2.45, 2.75) is 11.4 Å². The highest BCUT2D eigenvalue weighted by Crippen LogP contribution is 2.21. The van der Waals surface area contributed by atoms with E-state index in [2.05, 4.69) is 5.32 Å². The molecule has 0 aromatic heterocycles. The summed E-state index contributed by atoms with van der Waals surface area (Å²) in [6, 6.07) is 10.5. The van der Waals surface area contributed by atoms with Crippen LogP contribution in [0.25, 0.3) is 0 Å². The topological polar surface area (TPSA) is 49.4 Å². The van der Waals surface area contributed by atoms with E-state index in [1.165, 1.54) is 6.07 Å². The molecule has 0 aliphatic rings. The van der Waals surface area contributed by atoms with Crippen molar-refractivity contribution in [1.82, 2.24) is 10.2 Å². The first-order chi connectivity index (χ1) is 11.9. The molecule has 0 unspecified atom stereocenters. The summed E-state index contributed by atoms with van der Waals surface area (Å²) in [7, 11) is 3.23. The molecule has 2 aromatic carbocycles. The van der Waals surface area contributed by atoms with E-state index < -0.39 is 11.6 Å². The van der Waals surface area contributed by atoms with Crippen LogP contribution in [-0.4, -0.2) is 36.6 Å². The Labute approximate surface area is 149 Å². The van der Waals surface area contributed by atoms with Gasteiger partial charge >= 0.3 is 0 Å². The predicted octanol–water partition coefficient (Wildman–Crippen LogP) is 3.08. The van der Waals surface area contributed by atoms with Gasteiger partial charge in [-0.2, -0.15) is 0 Å². The summed E-state index contributed by atoms with van der Waals surface area (Å²) < 4.78 is 26.0. The number of hydrogen-bond acceptors (Lipinski definition) is 3. The summed E-state index contributed by atoms with van der Waals surface area (Å²) in [5, 5.41) is 2.54. The van der Waals surface area contributed by atoms with Gasteiger partial charge in [-0.3, -0.25) is 9.59 Å². The first kappa shape index (κ1) is 18.9. The Morgan fingerprint density at radius 1 is 1.08 bits per heavy atom. The lowest BCUT2D eigenvalue weighted by atomic mass is 10.1. The van der Waals surface area contributed by atoms with Crippen molar-refractivity contribution < 1.29 is 18.4 Å². The van der Waals surface area contributed by atoms with Gasteiger partial charge in [0.1, 0.15) is 0 Å². The van der Waals surface area contributed by atoms with E-state index in [-0.39, 0.29) is 17.6 Å². The molecule has 25 heavy (non-hydrogen) atoms. The lowest BCUT2D eigenvalue weighted by Gasteiger charge is -2.17. The van der Waals surface area contributed by atoms with Crippen LogP contribution >= 0.6 is 11.8 Å². The molecule has 1 N–H and O–H groups in total. The molecule has 0 atom stereocenters. The summed E-state index contributed by atoms with van der Waals surface area (Å²) in [6.45, 7) is 0.394.